The van der Waals surface area contributed by atoms with Crippen molar-refractivity contribution in [3.8, 4) is 0 Å². The molecule has 2 N–H and O–H groups in total. The van der Waals surface area contributed by atoms with E-state index in [1.807, 2.05) is 20.8 Å². The van der Waals surface area contributed by atoms with Crippen molar-refractivity contribution >= 4 is 17.3 Å². The lowest BCUT2D eigenvalue weighted by molar-refractivity contribution is 0.584. The maximum Gasteiger partial charge on any atom is 0.136 e. The molecule has 0 unspecified atom stereocenters. The first kappa shape index (κ1) is 15.2. The highest BCUT2D eigenvalue weighted by Gasteiger charge is 2.09. The van der Waals surface area contributed by atoms with Crippen LogP contribution < -0.4 is 10.6 Å². The minimum absolute atomic E-state index is 0.147. The fourth-order valence-electron chi connectivity index (χ4n) is 1.83. The number of hydrogen-bond donors (Lipinski definition) is 2. The minimum atomic E-state index is -0.637. The van der Waals surface area contributed by atoms with E-state index >= 15 is 0 Å². The van der Waals surface area contributed by atoms with E-state index in [2.05, 4.69) is 20.6 Å². The Bertz CT molecular complexity index is 609. The van der Waals surface area contributed by atoms with Gasteiger partial charge in [-0.25, -0.2) is 18.7 Å². The van der Waals surface area contributed by atoms with Crippen LogP contribution >= 0.6 is 0 Å². The van der Waals surface area contributed by atoms with E-state index in [0.717, 1.165) is 12.6 Å². The van der Waals surface area contributed by atoms with Gasteiger partial charge >= 0.3 is 0 Å². The predicted octanol–water partition coefficient (Wildman–Crippen LogP) is 4.05. The molecule has 0 atom stereocenters. The normalized spacial score (nSPS) is 10.8. The van der Waals surface area contributed by atoms with Crippen molar-refractivity contribution in [2.24, 2.45) is 0 Å². The maximum atomic E-state index is 13.2. The highest BCUT2D eigenvalue weighted by molar-refractivity contribution is 5.59. The zero-order chi connectivity index (χ0) is 15.4. The number of nitrogens with zero attached hydrogens (tertiary/aromatic N) is 2. The summed E-state index contributed by atoms with van der Waals surface area (Å²) in [6.45, 7) is 6.65. The number of benzene rings is 1. The number of rotatable bonds is 5. The smallest absolute Gasteiger partial charge is 0.136 e. The van der Waals surface area contributed by atoms with Gasteiger partial charge in [-0.3, -0.25) is 0 Å². The van der Waals surface area contributed by atoms with Gasteiger partial charge in [-0.2, -0.15) is 0 Å². The molecule has 21 heavy (non-hydrogen) atoms. The van der Waals surface area contributed by atoms with Crippen molar-refractivity contribution in [2.45, 2.75) is 26.7 Å². The van der Waals surface area contributed by atoms with Crippen molar-refractivity contribution in [3.63, 3.8) is 0 Å². The maximum absolute atomic E-state index is 13.2. The summed E-state index contributed by atoms with van der Waals surface area (Å²) in [7, 11) is 0. The molecule has 0 aliphatic carbocycles. The molecule has 2 rings (SSSR count). The van der Waals surface area contributed by atoms with Crippen molar-refractivity contribution in [3.05, 3.63) is 41.7 Å². The Morgan fingerprint density at radius 2 is 1.62 bits per heavy atom. The van der Waals surface area contributed by atoms with Crippen molar-refractivity contribution in [2.75, 3.05) is 17.2 Å². The largest absolute Gasteiger partial charge is 0.370 e. The van der Waals surface area contributed by atoms with Crippen molar-refractivity contribution < 1.29 is 8.78 Å². The molecule has 1 aromatic carbocycles. The second-order valence-corrected chi connectivity index (χ2v) is 4.96. The summed E-state index contributed by atoms with van der Waals surface area (Å²) >= 11 is 0. The van der Waals surface area contributed by atoms with E-state index < -0.39 is 11.6 Å². The van der Waals surface area contributed by atoms with Crippen LogP contribution in [0.3, 0.4) is 0 Å². The molecule has 0 aliphatic heterocycles. The summed E-state index contributed by atoms with van der Waals surface area (Å²) in [5.41, 5.74) is 0.309. The van der Waals surface area contributed by atoms with E-state index in [4.69, 9.17) is 0 Å². The Morgan fingerprint density at radius 3 is 2.19 bits per heavy atom. The Balaban J connectivity index is 2.33. The zero-order valence-corrected chi connectivity index (χ0v) is 12.2. The van der Waals surface area contributed by atoms with Crippen LogP contribution in [-0.2, 0) is 0 Å². The highest BCUT2D eigenvalue weighted by Crippen LogP contribution is 2.21. The average Bonchev–Trinajstić information content (AvgIpc) is 2.37. The van der Waals surface area contributed by atoms with Gasteiger partial charge in [0.15, 0.2) is 0 Å². The summed E-state index contributed by atoms with van der Waals surface area (Å²) in [6, 6.07) is 4.97. The van der Waals surface area contributed by atoms with E-state index in [9.17, 15) is 8.78 Å². The van der Waals surface area contributed by atoms with Crippen molar-refractivity contribution in [1.82, 2.24) is 9.97 Å². The number of halogens is 2. The van der Waals surface area contributed by atoms with Gasteiger partial charge in [-0.15, -0.1) is 0 Å². The Hall–Kier alpha value is -2.24. The molecule has 1 heterocycles. The van der Waals surface area contributed by atoms with Crippen LogP contribution in [0.2, 0.25) is 0 Å². The van der Waals surface area contributed by atoms with Gasteiger partial charge in [0.2, 0.25) is 0 Å². The van der Waals surface area contributed by atoms with Crippen LogP contribution in [0, 0.1) is 11.6 Å². The quantitative estimate of drug-likeness (QED) is 0.872. The Morgan fingerprint density at radius 1 is 1.00 bits per heavy atom. The lowest BCUT2D eigenvalue weighted by atomic mass is 10.2. The van der Waals surface area contributed by atoms with Gasteiger partial charge in [-0.1, -0.05) is 13.8 Å². The molecule has 0 bridgehead atoms. The summed E-state index contributed by atoms with van der Waals surface area (Å²) in [5, 5.41) is 6.02. The van der Waals surface area contributed by atoms with E-state index in [1.54, 1.807) is 6.07 Å². The molecule has 2 aromatic rings. The Labute approximate surface area is 122 Å². The number of nitrogens with one attached hydrogen (secondary N) is 2. The van der Waals surface area contributed by atoms with Crippen LogP contribution in [0.4, 0.5) is 26.1 Å². The lowest BCUT2D eigenvalue weighted by Crippen LogP contribution is -2.07. The van der Waals surface area contributed by atoms with Gasteiger partial charge in [0, 0.05) is 30.3 Å². The molecule has 4 nitrogen and oxygen atoms in total. The number of aromatic nitrogens is 2. The van der Waals surface area contributed by atoms with Gasteiger partial charge in [-0.05, 0) is 19.1 Å². The first-order valence-corrected chi connectivity index (χ1v) is 6.84. The third-order valence-electron chi connectivity index (χ3n) is 2.75. The van der Waals surface area contributed by atoms with Crippen LogP contribution in [0.25, 0.3) is 0 Å². The molecule has 0 spiro atoms. The first-order valence-electron chi connectivity index (χ1n) is 6.84. The summed E-state index contributed by atoms with van der Waals surface area (Å²) in [6.07, 6.45) is 0. The number of anilines is 3. The van der Waals surface area contributed by atoms with Crippen LogP contribution in [0.15, 0.2) is 24.3 Å². The molecule has 112 valence electrons. The molecule has 0 fully saturated rings. The SMILES string of the molecule is CCNc1cc(Nc2cc(F)cc(F)c2)nc(C(C)C)n1. The van der Waals surface area contributed by atoms with Gasteiger partial charge in [0.25, 0.3) is 0 Å². The molecule has 0 aliphatic rings. The summed E-state index contributed by atoms with van der Waals surface area (Å²) < 4.78 is 26.4. The zero-order valence-electron chi connectivity index (χ0n) is 12.2. The molecular formula is C15H18F2N4. The van der Waals surface area contributed by atoms with Crippen LogP contribution in [0.5, 0.6) is 0 Å². The van der Waals surface area contributed by atoms with Gasteiger partial charge in [0.1, 0.15) is 29.1 Å². The molecule has 1 aromatic heterocycles. The summed E-state index contributed by atoms with van der Waals surface area (Å²) in [5.74, 6) is 0.705. The molecule has 6 heteroatoms. The fourth-order valence-corrected chi connectivity index (χ4v) is 1.83. The van der Waals surface area contributed by atoms with Crippen LogP contribution in [0.1, 0.15) is 32.5 Å². The standard InChI is InChI=1S/C15H18F2N4/c1-4-18-13-8-14(21-15(20-13)9(2)3)19-12-6-10(16)5-11(17)7-12/h5-9H,4H2,1-3H3,(H2,18,19,20,21). The average molecular weight is 292 g/mol. The molecule has 0 saturated carbocycles. The first-order chi connectivity index (χ1) is 9.97. The van der Waals surface area contributed by atoms with Gasteiger partial charge < -0.3 is 10.6 Å². The van der Waals surface area contributed by atoms with Crippen LogP contribution in [-0.4, -0.2) is 16.5 Å². The monoisotopic (exact) mass is 292 g/mol. The number of hydrogen-bond acceptors (Lipinski definition) is 4. The molecule has 0 radical (unpaired) electrons. The topological polar surface area (TPSA) is 49.8 Å². The van der Waals surface area contributed by atoms with E-state index in [1.165, 1.54) is 12.1 Å². The Kier molecular flexibility index (Phi) is 4.67. The lowest BCUT2D eigenvalue weighted by Gasteiger charge is -2.12. The second-order valence-electron chi connectivity index (χ2n) is 4.96. The van der Waals surface area contributed by atoms with Crippen molar-refractivity contribution in [1.29, 1.82) is 0 Å². The van der Waals surface area contributed by atoms with E-state index in [-0.39, 0.29) is 5.92 Å². The van der Waals surface area contributed by atoms with Gasteiger partial charge in [0.05, 0.1) is 0 Å². The minimum Gasteiger partial charge on any atom is -0.370 e. The molecule has 0 amide bonds. The highest BCUT2D eigenvalue weighted by atomic mass is 19.1. The summed E-state index contributed by atoms with van der Waals surface area (Å²) in [4.78, 5) is 8.75. The third kappa shape index (κ3) is 4.11. The fraction of sp³-hybridized carbons (Fsp3) is 0.333. The predicted molar refractivity (Wildman–Crippen MR) is 79.9 cm³/mol. The molecular weight excluding hydrogens is 274 g/mol. The van der Waals surface area contributed by atoms with E-state index in [0.29, 0.717) is 23.1 Å². The third-order valence-corrected chi connectivity index (χ3v) is 2.75. The molecule has 0 saturated heterocycles. The second kappa shape index (κ2) is 6.47.